The van der Waals surface area contributed by atoms with Gasteiger partial charge in [-0.1, -0.05) is 31.2 Å². The van der Waals surface area contributed by atoms with Crippen molar-refractivity contribution >= 4 is 5.96 Å². The molecular formula is C21H33N7O. The molecule has 2 aromatic rings. The number of benzene rings is 1. The van der Waals surface area contributed by atoms with Crippen LogP contribution in [0.15, 0.2) is 35.6 Å². The number of hydrogen-bond donors (Lipinski definition) is 3. The largest absolute Gasteiger partial charge is 0.390 e. The topological polar surface area (TPSA) is 90.6 Å². The smallest absolute Gasteiger partial charge is 0.191 e. The Bertz CT molecular complexity index is 789. The number of rotatable bonds is 9. The highest BCUT2D eigenvalue weighted by Gasteiger charge is 2.18. The molecule has 1 aliphatic heterocycles. The summed E-state index contributed by atoms with van der Waals surface area (Å²) < 4.78 is 2.04. The standard InChI is InChI=1S/C21H33N7O/c1-3-20-26-25-16-28(20)12-10-23-21(22-4-2)24-13-19(29)15-27-11-9-17-7-5-6-8-18(17)14-27/h5-8,16,19,29H,3-4,9-15H2,1-2H3,(H2,22,23,24). The third-order valence-corrected chi connectivity index (χ3v) is 5.14. The number of guanidine groups is 1. The third-order valence-electron chi connectivity index (χ3n) is 5.14. The summed E-state index contributed by atoms with van der Waals surface area (Å²) in [5, 5.41) is 25.1. The van der Waals surface area contributed by atoms with Crippen LogP contribution in [0.25, 0.3) is 0 Å². The van der Waals surface area contributed by atoms with Gasteiger partial charge in [-0.2, -0.15) is 0 Å². The highest BCUT2D eigenvalue weighted by molar-refractivity contribution is 5.79. The van der Waals surface area contributed by atoms with Crippen molar-refractivity contribution in [2.45, 2.75) is 45.9 Å². The van der Waals surface area contributed by atoms with E-state index in [9.17, 15) is 5.11 Å². The molecule has 158 valence electrons. The Morgan fingerprint density at radius 1 is 1.24 bits per heavy atom. The second kappa shape index (κ2) is 10.9. The minimum absolute atomic E-state index is 0.375. The average Bonchev–Trinajstić information content (AvgIpc) is 3.19. The molecule has 0 radical (unpaired) electrons. The Hall–Kier alpha value is -2.45. The second-order valence-corrected chi connectivity index (χ2v) is 7.35. The quantitative estimate of drug-likeness (QED) is 0.427. The lowest BCUT2D eigenvalue weighted by Crippen LogP contribution is -2.41. The molecular weight excluding hydrogens is 366 g/mol. The molecule has 3 rings (SSSR count). The highest BCUT2D eigenvalue weighted by Crippen LogP contribution is 2.18. The number of hydrogen-bond acceptors (Lipinski definition) is 5. The van der Waals surface area contributed by atoms with Gasteiger partial charge in [0.2, 0.25) is 0 Å². The van der Waals surface area contributed by atoms with Crippen LogP contribution in [0, 0.1) is 0 Å². The van der Waals surface area contributed by atoms with Crippen molar-refractivity contribution in [3.63, 3.8) is 0 Å². The first-order valence-electron chi connectivity index (χ1n) is 10.6. The van der Waals surface area contributed by atoms with E-state index < -0.39 is 6.10 Å². The monoisotopic (exact) mass is 399 g/mol. The van der Waals surface area contributed by atoms with Gasteiger partial charge in [-0.05, 0) is 24.5 Å². The van der Waals surface area contributed by atoms with Crippen molar-refractivity contribution in [2.24, 2.45) is 4.99 Å². The van der Waals surface area contributed by atoms with Gasteiger partial charge in [-0.15, -0.1) is 10.2 Å². The Morgan fingerprint density at radius 2 is 2.07 bits per heavy atom. The predicted molar refractivity (Wildman–Crippen MR) is 115 cm³/mol. The van der Waals surface area contributed by atoms with Crippen molar-refractivity contribution < 1.29 is 5.11 Å². The first-order valence-corrected chi connectivity index (χ1v) is 10.6. The summed E-state index contributed by atoms with van der Waals surface area (Å²) in [4.78, 5) is 6.87. The fraction of sp³-hybridized carbons (Fsp3) is 0.571. The Labute approximate surface area is 173 Å². The van der Waals surface area contributed by atoms with E-state index in [0.717, 1.165) is 57.3 Å². The molecule has 0 spiro atoms. The molecule has 1 aliphatic rings. The molecule has 1 aromatic heterocycles. The van der Waals surface area contributed by atoms with Crippen LogP contribution in [0.4, 0.5) is 0 Å². The zero-order valence-electron chi connectivity index (χ0n) is 17.5. The van der Waals surface area contributed by atoms with Crippen LogP contribution in [-0.4, -0.2) is 69.6 Å². The fourth-order valence-corrected chi connectivity index (χ4v) is 3.64. The lowest BCUT2D eigenvalue weighted by atomic mass is 10.00. The van der Waals surface area contributed by atoms with Gasteiger partial charge < -0.3 is 20.3 Å². The number of aryl methyl sites for hydroxylation is 1. The van der Waals surface area contributed by atoms with Crippen molar-refractivity contribution in [2.75, 3.05) is 32.7 Å². The van der Waals surface area contributed by atoms with Crippen LogP contribution >= 0.6 is 0 Å². The van der Waals surface area contributed by atoms with Crippen molar-refractivity contribution in [1.29, 1.82) is 0 Å². The minimum Gasteiger partial charge on any atom is -0.390 e. The number of aliphatic hydroxyl groups excluding tert-OH is 1. The second-order valence-electron chi connectivity index (χ2n) is 7.35. The molecule has 0 bridgehead atoms. The number of nitrogens with one attached hydrogen (secondary N) is 2. The summed E-state index contributed by atoms with van der Waals surface area (Å²) >= 11 is 0. The summed E-state index contributed by atoms with van der Waals surface area (Å²) in [6, 6.07) is 8.56. The maximum Gasteiger partial charge on any atom is 0.191 e. The SMILES string of the molecule is CCNC(=NCC(O)CN1CCc2ccccc2C1)NCCn1cnnc1CC. The van der Waals surface area contributed by atoms with E-state index in [0.29, 0.717) is 13.1 Å². The fourth-order valence-electron chi connectivity index (χ4n) is 3.64. The maximum absolute atomic E-state index is 10.5. The number of nitrogens with zero attached hydrogens (tertiary/aromatic N) is 5. The molecule has 29 heavy (non-hydrogen) atoms. The van der Waals surface area contributed by atoms with E-state index in [1.807, 2.05) is 11.5 Å². The minimum atomic E-state index is -0.486. The molecule has 2 heterocycles. The number of aliphatic hydroxyl groups is 1. The molecule has 8 heteroatoms. The zero-order valence-corrected chi connectivity index (χ0v) is 17.5. The molecule has 0 saturated heterocycles. The summed E-state index contributed by atoms with van der Waals surface area (Å²) in [6.45, 7) is 9.26. The molecule has 0 fully saturated rings. The third kappa shape index (κ3) is 6.27. The van der Waals surface area contributed by atoms with Crippen LogP contribution < -0.4 is 10.6 Å². The van der Waals surface area contributed by atoms with E-state index >= 15 is 0 Å². The van der Waals surface area contributed by atoms with Crippen LogP contribution in [0.3, 0.4) is 0 Å². The van der Waals surface area contributed by atoms with Crippen LogP contribution in [0.1, 0.15) is 30.8 Å². The first kappa shape index (κ1) is 21.3. The van der Waals surface area contributed by atoms with Gasteiger partial charge in [0.1, 0.15) is 12.2 Å². The number of aromatic nitrogens is 3. The van der Waals surface area contributed by atoms with E-state index in [4.69, 9.17) is 0 Å². The maximum atomic E-state index is 10.5. The zero-order chi connectivity index (χ0) is 20.5. The van der Waals surface area contributed by atoms with Gasteiger partial charge in [0.15, 0.2) is 5.96 Å². The van der Waals surface area contributed by atoms with Crippen LogP contribution in [0.2, 0.25) is 0 Å². The van der Waals surface area contributed by atoms with Gasteiger partial charge in [0, 0.05) is 45.7 Å². The Balaban J connectivity index is 1.45. The summed E-state index contributed by atoms with van der Waals surface area (Å²) in [5.74, 6) is 1.70. The molecule has 0 aliphatic carbocycles. The number of fused-ring (bicyclic) bond motifs is 1. The van der Waals surface area contributed by atoms with Gasteiger partial charge >= 0.3 is 0 Å². The lowest BCUT2D eigenvalue weighted by Gasteiger charge is -2.30. The molecule has 1 aromatic carbocycles. The average molecular weight is 400 g/mol. The van der Waals surface area contributed by atoms with Crippen LogP contribution in [-0.2, 0) is 25.9 Å². The van der Waals surface area contributed by atoms with Crippen molar-refractivity contribution in [1.82, 2.24) is 30.3 Å². The molecule has 1 atom stereocenters. The van der Waals surface area contributed by atoms with Crippen molar-refractivity contribution in [3.8, 4) is 0 Å². The predicted octanol–water partition coefficient (Wildman–Crippen LogP) is 0.815. The molecule has 8 nitrogen and oxygen atoms in total. The summed E-state index contributed by atoms with van der Waals surface area (Å²) in [6.07, 6.45) is 3.17. The van der Waals surface area contributed by atoms with Crippen LogP contribution in [0.5, 0.6) is 0 Å². The van der Waals surface area contributed by atoms with E-state index in [1.54, 1.807) is 6.33 Å². The van der Waals surface area contributed by atoms with Gasteiger partial charge in [-0.25, -0.2) is 0 Å². The van der Waals surface area contributed by atoms with Gasteiger partial charge in [0.25, 0.3) is 0 Å². The summed E-state index contributed by atoms with van der Waals surface area (Å²) in [7, 11) is 0. The molecule has 1 unspecified atom stereocenters. The summed E-state index contributed by atoms with van der Waals surface area (Å²) in [5.41, 5.74) is 2.79. The first-order chi connectivity index (χ1) is 14.2. The Morgan fingerprint density at radius 3 is 2.86 bits per heavy atom. The lowest BCUT2D eigenvalue weighted by molar-refractivity contribution is 0.111. The van der Waals surface area contributed by atoms with Crippen molar-refractivity contribution in [3.05, 3.63) is 47.5 Å². The number of aliphatic imine (C=N–C) groups is 1. The number of β-amino-alcohol motifs (C(OH)–C–C–N with tert-alkyl or cyclic N) is 1. The van der Waals surface area contributed by atoms with E-state index in [2.05, 4.69) is 61.9 Å². The normalized spacial score (nSPS) is 15.8. The van der Waals surface area contributed by atoms with Gasteiger partial charge in [-0.3, -0.25) is 9.89 Å². The van der Waals surface area contributed by atoms with E-state index in [1.165, 1.54) is 11.1 Å². The molecule has 0 saturated carbocycles. The molecule has 0 amide bonds. The Kier molecular flexibility index (Phi) is 8.01. The van der Waals surface area contributed by atoms with Gasteiger partial charge in [0.05, 0.1) is 12.6 Å². The molecule has 3 N–H and O–H groups in total. The highest BCUT2D eigenvalue weighted by atomic mass is 16.3. The van der Waals surface area contributed by atoms with E-state index in [-0.39, 0.29) is 0 Å².